The molecule has 0 unspecified atom stereocenters. The Morgan fingerprint density at radius 1 is 1.32 bits per heavy atom. The maximum Gasteiger partial charge on any atom is 0.0586 e. The number of rotatable bonds is 0. The lowest BCUT2D eigenvalue weighted by Crippen LogP contribution is -2.53. The lowest BCUT2D eigenvalue weighted by Gasteiger charge is -2.49. The van der Waals surface area contributed by atoms with Crippen molar-refractivity contribution in [3.63, 3.8) is 0 Å². The van der Waals surface area contributed by atoms with Gasteiger partial charge < -0.3 is 4.98 Å². The van der Waals surface area contributed by atoms with Crippen molar-refractivity contribution in [3.8, 4) is 0 Å². The second-order valence-electron chi connectivity index (χ2n) is 6.64. The Hall–Kier alpha value is -1.28. The first-order valence-electron chi connectivity index (χ1n) is 7.53. The van der Waals surface area contributed by atoms with Crippen LogP contribution in [0.15, 0.2) is 24.3 Å². The molecular formula is C17H22N2. The predicted molar refractivity (Wildman–Crippen MR) is 79.3 cm³/mol. The number of para-hydroxylation sites is 1. The lowest BCUT2D eigenvalue weighted by atomic mass is 9.77. The molecule has 2 aliphatic rings. The molecule has 2 nitrogen and oxygen atoms in total. The Kier molecular flexibility index (Phi) is 2.34. The van der Waals surface area contributed by atoms with Crippen LogP contribution in [-0.2, 0) is 12.0 Å². The first-order chi connectivity index (χ1) is 9.18. The molecule has 0 aliphatic carbocycles. The highest BCUT2D eigenvalue weighted by atomic mass is 15.2. The predicted octanol–water partition coefficient (Wildman–Crippen LogP) is 3.67. The van der Waals surface area contributed by atoms with Crippen LogP contribution >= 0.6 is 0 Å². The van der Waals surface area contributed by atoms with Gasteiger partial charge in [-0.25, -0.2) is 0 Å². The van der Waals surface area contributed by atoms with E-state index in [1.165, 1.54) is 48.9 Å². The summed E-state index contributed by atoms with van der Waals surface area (Å²) in [5.41, 5.74) is 4.61. The molecule has 1 fully saturated rings. The van der Waals surface area contributed by atoms with Gasteiger partial charge in [-0.2, -0.15) is 0 Å². The minimum absolute atomic E-state index is 0.235. The average molecular weight is 254 g/mol. The topological polar surface area (TPSA) is 19.0 Å². The molecule has 0 amide bonds. The van der Waals surface area contributed by atoms with E-state index in [1.54, 1.807) is 5.56 Å². The van der Waals surface area contributed by atoms with E-state index in [9.17, 15) is 0 Å². The summed E-state index contributed by atoms with van der Waals surface area (Å²) in [6.45, 7) is 7.30. The second-order valence-corrected chi connectivity index (χ2v) is 6.64. The fourth-order valence-corrected chi connectivity index (χ4v) is 4.14. The second kappa shape index (κ2) is 3.86. The van der Waals surface area contributed by atoms with Crippen LogP contribution in [0, 0.1) is 5.92 Å². The van der Waals surface area contributed by atoms with E-state index < -0.39 is 0 Å². The van der Waals surface area contributed by atoms with Gasteiger partial charge in [0.2, 0.25) is 0 Å². The van der Waals surface area contributed by atoms with Gasteiger partial charge in [-0.1, -0.05) is 25.1 Å². The van der Waals surface area contributed by atoms with E-state index in [4.69, 9.17) is 0 Å². The van der Waals surface area contributed by atoms with Gasteiger partial charge in [-0.05, 0) is 43.7 Å². The Morgan fingerprint density at radius 2 is 2.16 bits per heavy atom. The number of aromatic amines is 1. The number of hydrogen-bond acceptors (Lipinski definition) is 1. The van der Waals surface area contributed by atoms with Crippen molar-refractivity contribution < 1.29 is 0 Å². The third-order valence-electron chi connectivity index (χ3n) is 5.34. The standard InChI is InChI=1S/C17H22N2/c1-12-7-9-17(2)16-14(8-10-19(17)11-12)13-5-3-4-6-15(13)18-16/h3-6,12,18H,7-11H2,1-2H3/t12-,17+/m1/s1. The van der Waals surface area contributed by atoms with Gasteiger partial charge in [0, 0.05) is 29.7 Å². The SMILES string of the molecule is C[C@@H]1CC[C@@]2(C)c3[nH]c4ccccc4c3CCN2C1. The number of aromatic nitrogens is 1. The minimum atomic E-state index is 0.235. The van der Waals surface area contributed by atoms with Crippen LogP contribution in [-0.4, -0.2) is 23.0 Å². The third-order valence-corrected chi connectivity index (χ3v) is 5.34. The van der Waals surface area contributed by atoms with Crippen molar-refractivity contribution >= 4 is 10.9 Å². The molecule has 2 atom stereocenters. The van der Waals surface area contributed by atoms with E-state index in [-0.39, 0.29) is 5.54 Å². The Morgan fingerprint density at radius 3 is 3.05 bits per heavy atom. The third kappa shape index (κ3) is 1.53. The molecule has 1 N–H and O–H groups in total. The zero-order valence-electron chi connectivity index (χ0n) is 11.9. The molecule has 2 aromatic rings. The van der Waals surface area contributed by atoms with E-state index in [0.29, 0.717) is 0 Å². The van der Waals surface area contributed by atoms with E-state index in [2.05, 4.69) is 48.0 Å². The average Bonchev–Trinajstić information content (AvgIpc) is 2.80. The van der Waals surface area contributed by atoms with Gasteiger partial charge in [-0.3, -0.25) is 4.90 Å². The first-order valence-corrected chi connectivity index (χ1v) is 7.53. The van der Waals surface area contributed by atoms with E-state index in [0.717, 1.165) is 5.92 Å². The van der Waals surface area contributed by atoms with Crippen molar-refractivity contribution in [1.29, 1.82) is 0 Å². The quantitative estimate of drug-likeness (QED) is 0.760. The molecule has 0 radical (unpaired) electrons. The summed E-state index contributed by atoms with van der Waals surface area (Å²) in [7, 11) is 0. The van der Waals surface area contributed by atoms with Gasteiger partial charge >= 0.3 is 0 Å². The highest BCUT2D eigenvalue weighted by Crippen LogP contribution is 2.44. The van der Waals surface area contributed by atoms with E-state index in [1.807, 2.05) is 0 Å². The molecule has 0 bridgehead atoms. The summed E-state index contributed by atoms with van der Waals surface area (Å²) in [6, 6.07) is 8.78. The highest BCUT2D eigenvalue weighted by Gasteiger charge is 2.43. The van der Waals surface area contributed by atoms with Gasteiger partial charge in [0.15, 0.2) is 0 Å². The van der Waals surface area contributed by atoms with Crippen molar-refractivity contribution in [2.24, 2.45) is 5.92 Å². The van der Waals surface area contributed by atoms with Crippen LogP contribution in [0.4, 0.5) is 0 Å². The van der Waals surface area contributed by atoms with Crippen LogP contribution in [0.1, 0.15) is 37.9 Å². The molecule has 0 spiro atoms. The van der Waals surface area contributed by atoms with Crippen molar-refractivity contribution in [2.45, 2.75) is 38.6 Å². The molecule has 4 rings (SSSR count). The molecule has 1 saturated heterocycles. The molecule has 2 aliphatic heterocycles. The number of benzene rings is 1. The van der Waals surface area contributed by atoms with Crippen LogP contribution < -0.4 is 0 Å². The van der Waals surface area contributed by atoms with Crippen molar-refractivity contribution in [3.05, 3.63) is 35.5 Å². The number of nitrogens with one attached hydrogen (secondary N) is 1. The maximum atomic E-state index is 3.73. The minimum Gasteiger partial charge on any atom is -0.357 e. The van der Waals surface area contributed by atoms with Gasteiger partial charge in [-0.15, -0.1) is 0 Å². The molecule has 0 saturated carbocycles. The van der Waals surface area contributed by atoms with Crippen molar-refractivity contribution in [1.82, 2.24) is 9.88 Å². The molecule has 19 heavy (non-hydrogen) atoms. The van der Waals surface area contributed by atoms with E-state index >= 15 is 0 Å². The van der Waals surface area contributed by atoms with Gasteiger partial charge in [0.1, 0.15) is 0 Å². The fraction of sp³-hybridized carbons (Fsp3) is 0.529. The van der Waals surface area contributed by atoms with Crippen LogP contribution in [0.25, 0.3) is 10.9 Å². The smallest absolute Gasteiger partial charge is 0.0586 e. The van der Waals surface area contributed by atoms with Gasteiger partial charge in [0.05, 0.1) is 5.54 Å². The zero-order chi connectivity index (χ0) is 13.0. The summed E-state index contributed by atoms with van der Waals surface area (Å²) in [4.78, 5) is 6.44. The molecule has 100 valence electrons. The number of fused-ring (bicyclic) bond motifs is 5. The van der Waals surface area contributed by atoms with Crippen LogP contribution in [0.5, 0.6) is 0 Å². The number of hydrogen-bond donors (Lipinski definition) is 1. The fourth-order valence-electron chi connectivity index (χ4n) is 4.14. The Balaban J connectivity index is 1.90. The first kappa shape index (κ1) is 11.5. The largest absolute Gasteiger partial charge is 0.357 e. The number of nitrogens with zero attached hydrogens (tertiary/aromatic N) is 1. The summed E-state index contributed by atoms with van der Waals surface area (Å²) >= 11 is 0. The number of H-pyrrole nitrogens is 1. The summed E-state index contributed by atoms with van der Waals surface area (Å²) in [6.07, 6.45) is 3.83. The molecular weight excluding hydrogens is 232 g/mol. The summed E-state index contributed by atoms with van der Waals surface area (Å²) < 4.78 is 0. The van der Waals surface area contributed by atoms with Crippen molar-refractivity contribution in [2.75, 3.05) is 13.1 Å². The summed E-state index contributed by atoms with van der Waals surface area (Å²) in [5.74, 6) is 0.846. The normalized spacial score (nSPS) is 31.2. The van der Waals surface area contributed by atoms with Gasteiger partial charge in [0.25, 0.3) is 0 Å². The lowest BCUT2D eigenvalue weighted by molar-refractivity contribution is 0.0224. The Labute approximate surface area is 114 Å². The summed E-state index contributed by atoms with van der Waals surface area (Å²) in [5, 5.41) is 1.44. The number of piperidine rings is 1. The van der Waals surface area contributed by atoms with Crippen LogP contribution in [0.2, 0.25) is 0 Å². The zero-order valence-corrected chi connectivity index (χ0v) is 11.9. The Bertz CT molecular complexity index is 627. The maximum absolute atomic E-state index is 3.73. The molecule has 3 heterocycles. The monoisotopic (exact) mass is 254 g/mol. The van der Waals surface area contributed by atoms with Crippen LogP contribution in [0.3, 0.4) is 0 Å². The highest BCUT2D eigenvalue weighted by molar-refractivity contribution is 5.85. The molecule has 1 aromatic carbocycles. The molecule has 2 heteroatoms. The molecule has 1 aromatic heterocycles.